The van der Waals surface area contributed by atoms with Crippen LogP contribution in [0.4, 0.5) is 9.59 Å². The fraction of sp³-hybridized carbons (Fsp3) is 0.304. The molecule has 3 amide bonds. The molecule has 62 heavy (non-hydrogen) atoms. The molecule has 0 aliphatic carbocycles. The number of aliphatic imine (C=N–C) groups is 1. The summed E-state index contributed by atoms with van der Waals surface area (Å²) in [6, 6.07) is 28.8. The number of alkyl carbamates (subject to hydrolysis) is 2. The Labute approximate surface area is 360 Å². The lowest BCUT2D eigenvalue weighted by Gasteiger charge is -2.28. The molecule has 2 saturated heterocycles. The summed E-state index contributed by atoms with van der Waals surface area (Å²) in [7, 11) is 4.70. The lowest BCUT2D eigenvalue weighted by Crippen LogP contribution is -2.42. The highest BCUT2D eigenvalue weighted by molar-refractivity contribution is 5.87. The lowest BCUT2D eigenvalue weighted by atomic mass is 10.1. The van der Waals surface area contributed by atoms with E-state index in [0.717, 1.165) is 54.0 Å². The zero-order valence-electron chi connectivity index (χ0n) is 35.1. The minimum absolute atomic E-state index is 0.220. The van der Waals surface area contributed by atoms with E-state index in [1.54, 1.807) is 41.6 Å². The predicted octanol–water partition coefficient (Wildman–Crippen LogP) is 6.26. The summed E-state index contributed by atoms with van der Waals surface area (Å²) in [5.74, 6) is 0.441. The largest absolute Gasteiger partial charge is 0.453 e. The molecule has 2 aliphatic rings. The maximum Gasteiger partial charge on any atom is 0.407 e. The number of nitrogens with zero attached hydrogens (tertiary/aromatic N) is 6. The number of carbonyl (C=O) groups excluding carboxylic acids is 4. The molecule has 4 heterocycles. The van der Waals surface area contributed by atoms with E-state index in [9.17, 15) is 19.2 Å². The summed E-state index contributed by atoms with van der Waals surface area (Å²) in [5.41, 5.74) is 6.41. The summed E-state index contributed by atoms with van der Waals surface area (Å²) >= 11 is 0. The monoisotopic (exact) mass is 840 g/mol. The van der Waals surface area contributed by atoms with Crippen LogP contribution in [0.15, 0.2) is 114 Å². The Balaban J connectivity index is 0.000000390. The van der Waals surface area contributed by atoms with Crippen molar-refractivity contribution in [1.29, 1.82) is 0 Å². The van der Waals surface area contributed by atoms with Crippen molar-refractivity contribution in [3.63, 3.8) is 0 Å². The van der Waals surface area contributed by atoms with E-state index in [4.69, 9.17) is 4.74 Å². The van der Waals surface area contributed by atoms with E-state index >= 15 is 0 Å². The second-order valence-corrected chi connectivity index (χ2v) is 14.8. The van der Waals surface area contributed by atoms with E-state index in [0.29, 0.717) is 41.6 Å². The number of hydrogen-bond donors (Lipinski definition) is 4. The van der Waals surface area contributed by atoms with Crippen molar-refractivity contribution < 1.29 is 28.7 Å². The number of aromatic nitrogens is 4. The van der Waals surface area contributed by atoms with E-state index in [2.05, 4.69) is 64.5 Å². The molecule has 7 rings (SSSR count). The molecule has 3 aromatic carbocycles. The van der Waals surface area contributed by atoms with Crippen LogP contribution in [0.1, 0.15) is 66.3 Å². The van der Waals surface area contributed by atoms with Crippen molar-refractivity contribution in [3.8, 4) is 22.6 Å². The van der Waals surface area contributed by atoms with Gasteiger partial charge in [-0.15, -0.1) is 10.2 Å². The van der Waals surface area contributed by atoms with Gasteiger partial charge in [0.1, 0.15) is 29.9 Å². The fourth-order valence-electron chi connectivity index (χ4n) is 7.50. The second kappa shape index (κ2) is 21.9. The lowest BCUT2D eigenvalue weighted by molar-refractivity contribution is -0.134. The van der Waals surface area contributed by atoms with Crippen LogP contribution < -0.4 is 16.0 Å². The summed E-state index contributed by atoms with van der Waals surface area (Å²) in [6.07, 6.45) is 6.82. The maximum atomic E-state index is 13.8. The quantitative estimate of drug-likeness (QED) is 0.0728. The summed E-state index contributed by atoms with van der Waals surface area (Å²) in [6.45, 7) is 6.19. The van der Waals surface area contributed by atoms with Gasteiger partial charge in [-0.2, -0.15) is 0 Å². The molecule has 5 aromatic rings. The Bertz CT molecular complexity index is 2290. The van der Waals surface area contributed by atoms with Crippen LogP contribution in [0, 0.1) is 0 Å². The number of likely N-dealkylation sites (N-methyl/N-ethyl adjacent to an activating group) is 1. The number of hydrogen-bond acceptors (Lipinski definition) is 12. The first kappa shape index (κ1) is 44.4. The maximum absolute atomic E-state index is 13.8. The number of amides is 3. The molecule has 4 atom stereocenters. The molecule has 4 N–H and O–H groups in total. The molecule has 16 heteroatoms. The number of H-pyrrole nitrogens is 1. The molecule has 0 bridgehead atoms. The van der Waals surface area contributed by atoms with Crippen LogP contribution in [0.2, 0.25) is 0 Å². The standard InChI is InChI=1S/C36H41N9O3.C10H11NO3/c1-37-22-30(38-21-27-11-7-19-44(27)2)25-15-13-24(14-16-25)28-17-18-29(43-42-28)31-23-39-34(40-31)32-12-8-20-45(32)35(46)33(41-36(47)48-3)26-9-5-4-6-10-26;1-14-10(13)11-9(7-12)8-5-3-2-4-6-8/h4-6,9-10,13-18,22-23,27,32-33,38H,1,7-8,11-12,19-21H2,2-3H3,(H,39,40)(H,41,47);2-7,9H,1H3,(H,11,13)/b30-22-;/t27-,32-,33+;9-/m00/s1. The van der Waals surface area contributed by atoms with Crippen LogP contribution in [0.25, 0.3) is 28.3 Å². The highest BCUT2D eigenvalue weighted by Gasteiger charge is 2.37. The molecule has 16 nitrogen and oxygen atoms in total. The number of benzene rings is 3. The number of carbonyl (C=O) groups is 4. The normalized spacial score (nSPS) is 17.1. The third kappa shape index (κ3) is 11.3. The number of methoxy groups -OCH3 is 2. The first-order chi connectivity index (χ1) is 30.2. The molecule has 2 aromatic heterocycles. The van der Waals surface area contributed by atoms with Gasteiger partial charge in [0.15, 0.2) is 0 Å². The van der Waals surface area contributed by atoms with E-state index in [-0.39, 0.29) is 11.9 Å². The van der Waals surface area contributed by atoms with Crippen molar-refractivity contribution >= 4 is 36.8 Å². The molecular formula is C46H52N10O6. The van der Waals surface area contributed by atoms with Crippen molar-refractivity contribution in [1.82, 2.24) is 45.9 Å². The van der Waals surface area contributed by atoms with Crippen molar-refractivity contribution in [2.45, 2.75) is 49.9 Å². The second-order valence-electron chi connectivity index (χ2n) is 14.8. The van der Waals surface area contributed by atoms with Crippen LogP contribution >= 0.6 is 0 Å². The average Bonchev–Trinajstić information content (AvgIpc) is 4.11. The molecular weight excluding hydrogens is 789 g/mol. The number of likely N-dealkylation sites (tertiary alicyclic amines) is 2. The van der Waals surface area contributed by atoms with Crippen LogP contribution in [0.5, 0.6) is 0 Å². The van der Waals surface area contributed by atoms with Gasteiger partial charge in [-0.1, -0.05) is 84.9 Å². The number of nitrogens with one attached hydrogen (secondary N) is 4. The molecule has 322 valence electrons. The van der Waals surface area contributed by atoms with Gasteiger partial charge < -0.3 is 45.0 Å². The van der Waals surface area contributed by atoms with E-state index < -0.39 is 24.3 Å². The van der Waals surface area contributed by atoms with E-state index in [1.807, 2.05) is 72.8 Å². The van der Waals surface area contributed by atoms with Gasteiger partial charge in [0.05, 0.1) is 43.5 Å². The first-order valence-corrected chi connectivity index (χ1v) is 20.4. The van der Waals surface area contributed by atoms with Gasteiger partial charge in [-0.25, -0.2) is 14.6 Å². The topological polar surface area (TPSA) is 196 Å². The summed E-state index contributed by atoms with van der Waals surface area (Å²) in [5, 5.41) is 17.6. The predicted molar refractivity (Wildman–Crippen MR) is 235 cm³/mol. The van der Waals surface area contributed by atoms with Gasteiger partial charge in [-0.3, -0.25) is 9.79 Å². The summed E-state index contributed by atoms with van der Waals surface area (Å²) in [4.78, 5) is 63.6. The van der Waals surface area contributed by atoms with E-state index in [1.165, 1.54) is 27.1 Å². The Morgan fingerprint density at radius 2 is 1.50 bits per heavy atom. The third-order valence-electron chi connectivity index (χ3n) is 10.9. The highest BCUT2D eigenvalue weighted by atomic mass is 16.5. The van der Waals surface area contributed by atoms with Crippen molar-refractivity contribution in [2.75, 3.05) is 40.9 Å². The minimum atomic E-state index is -0.877. The zero-order valence-corrected chi connectivity index (χ0v) is 35.1. The Morgan fingerprint density at radius 1 is 0.855 bits per heavy atom. The third-order valence-corrected chi connectivity index (χ3v) is 10.9. The average molecular weight is 841 g/mol. The molecule has 2 fully saturated rings. The van der Waals surface area contributed by atoms with Crippen molar-refractivity contribution in [3.05, 3.63) is 132 Å². The minimum Gasteiger partial charge on any atom is -0.453 e. The van der Waals surface area contributed by atoms with Gasteiger partial charge in [0, 0.05) is 30.9 Å². The molecule has 0 unspecified atom stereocenters. The first-order valence-electron chi connectivity index (χ1n) is 20.4. The number of aldehydes is 1. The number of ether oxygens (including phenoxy) is 2. The SMILES string of the molecule is C=N/C=C(\NC[C@@H]1CCCN1C)c1ccc(-c2ccc(-c3cnc([C@@H]4CCCN4C(=O)[C@H](NC(=O)OC)c4ccccc4)[nH]3)nn2)cc1.COC(=O)N[C@@H](C=O)c1ccccc1. The Morgan fingerprint density at radius 3 is 2.11 bits per heavy atom. The zero-order chi connectivity index (χ0) is 43.8. The van der Waals surface area contributed by atoms with Crippen LogP contribution in [0.3, 0.4) is 0 Å². The van der Waals surface area contributed by atoms with Crippen LogP contribution in [-0.4, -0.2) is 108 Å². The molecule has 2 aliphatic heterocycles. The Kier molecular flexibility index (Phi) is 15.7. The molecule has 0 spiro atoms. The van der Waals surface area contributed by atoms with Gasteiger partial charge in [0.25, 0.3) is 5.91 Å². The van der Waals surface area contributed by atoms with Crippen LogP contribution in [-0.2, 0) is 19.1 Å². The number of aromatic amines is 1. The fourth-order valence-corrected chi connectivity index (χ4v) is 7.50. The number of imidazole rings is 1. The van der Waals surface area contributed by atoms with Gasteiger partial charge in [-0.05, 0) is 74.8 Å². The molecule has 0 radical (unpaired) electrons. The smallest absolute Gasteiger partial charge is 0.407 e. The van der Waals surface area contributed by atoms with Gasteiger partial charge >= 0.3 is 12.2 Å². The van der Waals surface area contributed by atoms with Crippen molar-refractivity contribution in [2.24, 2.45) is 4.99 Å². The molecule has 0 saturated carbocycles. The highest BCUT2D eigenvalue weighted by Crippen LogP contribution is 2.34. The van der Waals surface area contributed by atoms with Gasteiger partial charge in [0.2, 0.25) is 0 Å². The summed E-state index contributed by atoms with van der Waals surface area (Å²) < 4.78 is 9.20. The Hall–Kier alpha value is -7.20. The number of rotatable bonds is 14.